The van der Waals surface area contributed by atoms with E-state index < -0.39 is 0 Å². The van der Waals surface area contributed by atoms with Crippen molar-refractivity contribution in [1.29, 1.82) is 0 Å². The van der Waals surface area contributed by atoms with Crippen LogP contribution in [0.2, 0.25) is 5.15 Å². The summed E-state index contributed by atoms with van der Waals surface area (Å²) in [6.07, 6.45) is 4.15. The van der Waals surface area contributed by atoms with Gasteiger partial charge in [0.2, 0.25) is 0 Å². The van der Waals surface area contributed by atoms with Crippen LogP contribution in [0, 0.1) is 0 Å². The Morgan fingerprint density at radius 2 is 1.96 bits per heavy atom. The van der Waals surface area contributed by atoms with Crippen LogP contribution in [0.5, 0.6) is 5.75 Å². The van der Waals surface area contributed by atoms with Crippen LogP contribution in [0.1, 0.15) is 47.2 Å². The zero-order valence-corrected chi connectivity index (χ0v) is 15.3. The Bertz CT molecular complexity index is 945. The Morgan fingerprint density at radius 1 is 1.19 bits per heavy atom. The number of benzene rings is 1. The van der Waals surface area contributed by atoms with E-state index >= 15 is 0 Å². The molecular weight excluding hydrogens is 350 g/mol. The zero-order valence-electron chi connectivity index (χ0n) is 14.6. The Labute approximate surface area is 157 Å². The summed E-state index contributed by atoms with van der Waals surface area (Å²) in [6.45, 7) is 2.61. The van der Waals surface area contributed by atoms with Gasteiger partial charge in [0.25, 0.3) is 0 Å². The number of carbonyl (C=O) groups excluding carboxylic acids is 1. The van der Waals surface area contributed by atoms with Gasteiger partial charge in [0.15, 0.2) is 10.9 Å². The highest BCUT2D eigenvalue weighted by atomic mass is 35.5. The molecule has 1 aliphatic carbocycles. The van der Waals surface area contributed by atoms with Crippen LogP contribution in [-0.4, -0.2) is 17.0 Å². The van der Waals surface area contributed by atoms with E-state index in [1.54, 1.807) is 0 Å². The fraction of sp³-hybridized carbons (Fsp3) is 0.286. The summed E-state index contributed by atoms with van der Waals surface area (Å²) >= 11 is 6.59. The molecule has 4 nitrogen and oxygen atoms in total. The lowest BCUT2D eigenvalue weighted by Crippen LogP contribution is -2.06. The van der Waals surface area contributed by atoms with Crippen LogP contribution in [0.4, 0.5) is 0 Å². The number of pyridine rings is 1. The molecule has 1 aliphatic rings. The molecule has 3 aromatic rings. The Hall–Kier alpha value is -2.46. The molecule has 0 amide bonds. The second-order valence-corrected chi connectivity index (χ2v) is 6.83. The molecule has 1 saturated carbocycles. The Kier molecular flexibility index (Phi) is 4.60. The number of halogens is 1. The normalized spacial score (nSPS) is 13.8. The maximum atomic E-state index is 12.5. The van der Waals surface area contributed by atoms with E-state index in [-0.39, 0.29) is 5.97 Å². The van der Waals surface area contributed by atoms with E-state index in [4.69, 9.17) is 21.1 Å². The third-order valence-electron chi connectivity index (χ3n) is 4.61. The molecule has 1 fully saturated rings. The highest BCUT2D eigenvalue weighted by molar-refractivity contribution is 6.31. The monoisotopic (exact) mass is 369 g/mol. The van der Waals surface area contributed by atoms with Crippen molar-refractivity contribution in [1.82, 2.24) is 4.40 Å². The molecular formula is C21H20ClNO3. The fourth-order valence-corrected chi connectivity index (χ4v) is 3.44. The quantitative estimate of drug-likeness (QED) is 0.441. The summed E-state index contributed by atoms with van der Waals surface area (Å²) in [5, 5.41) is 0.468. The smallest absolute Gasteiger partial charge is 0.340 e. The van der Waals surface area contributed by atoms with Crippen molar-refractivity contribution in [2.45, 2.75) is 32.3 Å². The number of nitrogens with zero attached hydrogens (tertiary/aromatic N) is 1. The molecule has 5 heteroatoms. The molecule has 0 unspecified atom stereocenters. The number of esters is 1. The molecule has 0 bridgehead atoms. The Balaban J connectivity index is 1.70. The van der Waals surface area contributed by atoms with Gasteiger partial charge in [-0.3, -0.25) is 0 Å². The van der Waals surface area contributed by atoms with E-state index in [1.165, 1.54) is 0 Å². The zero-order chi connectivity index (χ0) is 18.1. The van der Waals surface area contributed by atoms with Gasteiger partial charge in [-0.2, -0.15) is 0 Å². The summed E-state index contributed by atoms with van der Waals surface area (Å²) in [6, 6.07) is 13.6. The highest BCUT2D eigenvalue weighted by Gasteiger charge is 2.32. The van der Waals surface area contributed by atoms with Crippen molar-refractivity contribution in [3.05, 3.63) is 70.5 Å². The average molecular weight is 370 g/mol. The molecule has 0 aliphatic heterocycles. The van der Waals surface area contributed by atoms with Gasteiger partial charge in [0, 0.05) is 6.20 Å². The number of aromatic nitrogens is 1. The van der Waals surface area contributed by atoms with Crippen molar-refractivity contribution in [2.24, 2.45) is 0 Å². The molecule has 2 heterocycles. The standard InChI is InChI=1S/C21H20ClNO3/c1-2-25-21(24)19-16(15-8-9-15)12-23-17(19)10-11-18(20(23)22)26-13-14-6-4-3-5-7-14/h3-7,10-12,15H,2,8-9,13H2,1H3. The first kappa shape index (κ1) is 17.0. The van der Waals surface area contributed by atoms with E-state index in [9.17, 15) is 4.79 Å². The van der Waals surface area contributed by atoms with Crippen LogP contribution in [0.15, 0.2) is 48.7 Å². The van der Waals surface area contributed by atoms with E-state index in [0.29, 0.717) is 35.6 Å². The number of rotatable bonds is 6. The van der Waals surface area contributed by atoms with Gasteiger partial charge in [-0.25, -0.2) is 4.79 Å². The van der Waals surface area contributed by atoms with E-state index in [0.717, 1.165) is 29.5 Å². The van der Waals surface area contributed by atoms with Gasteiger partial charge in [-0.15, -0.1) is 0 Å². The number of ether oxygens (including phenoxy) is 2. The van der Waals surface area contributed by atoms with Gasteiger partial charge in [0.05, 0.1) is 17.7 Å². The summed E-state index contributed by atoms with van der Waals surface area (Å²) in [4.78, 5) is 12.5. The lowest BCUT2D eigenvalue weighted by molar-refractivity contribution is 0.0527. The maximum Gasteiger partial charge on any atom is 0.340 e. The van der Waals surface area contributed by atoms with Crippen molar-refractivity contribution >= 4 is 23.1 Å². The summed E-state index contributed by atoms with van der Waals surface area (Å²) < 4.78 is 13.0. The Morgan fingerprint density at radius 3 is 2.65 bits per heavy atom. The van der Waals surface area contributed by atoms with Gasteiger partial charge in [-0.1, -0.05) is 41.9 Å². The van der Waals surface area contributed by atoms with Crippen LogP contribution in [0.3, 0.4) is 0 Å². The molecule has 26 heavy (non-hydrogen) atoms. The van der Waals surface area contributed by atoms with Crippen LogP contribution < -0.4 is 4.74 Å². The van der Waals surface area contributed by atoms with Gasteiger partial charge >= 0.3 is 5.97 Å². The van der Waals surface area contributed by atoms with E-state index in [1.807, 2.05) is 60.0 Å². The number of hydrogen-bond acceptors (Lipinski definition) is 3. The number of carbonyl (C=O) groups is 1. The van der Waals surface area contributed by atoms with Gasteiger partial charge < -0.3 is 13.9 Å². The van der Waals surface area contributed by atoms with Crippen LogP contribution >= 0.6 is 11.6 Å². The lowest BCUT2D eigenvalue weighted by Gasteiger charge is -2.10. The third-order valence-corrected chi connectivity index (χ3v) is 4.98. The van der Waals surface area contributed by atoms with E-state index in [2.05, 4.69) is 0 Å². The highest BCUT2D eigenvalue weighted by Crippen LogP contribution is 2.44. The van der Waals surface area contributed by atoms with Crippen LogP contribution in [-0.2, 0) is 11.3 Å². The van der Waals surface area contributed by atoms with Crippen molar-refractivity contribution in [2.75, 3.05) is 6.61 Å². The summed E-state index contributed by atoms with van der Waals surface area (Å²) in [5.41, 5.74) is 3.49. The van der Waals surface area contributed by atoms with Crippen molar-refractivity contribution in [3.63, 3.8) is 0 Å². The maximum absolute atomic E-state index is 12.5. The minimum atomic E-state index is -0.286. The molecule has 4 rings (SSSR count). The topological polar surface area (TPSA) is 39.9 Å². The largest absolute Gasteiger partial charge is 0.486 e. The second kappa shape index (κ2) is 7.04. The van der Waals surface area contributed by atoms with Gasteiger partial charge in [0.1, 0.15) is 6.61 Å². The molecule has 0 spiro atoms. The molecule has 0 atom stereocenters. The lowest BCUT2D eigenvalue weighted by atomic mass is 10.1. The minimum Gasteiger partial charge on any atom is -0.486 e. The van der Waals surface area contributed by atoms with Crippen molar-refractivity contribution < 1.29 is 14.3 Å². The molecule has 2 aromatic heterocycles. The number of hydrogen-bond donors (Lipinski definition) is 0. The first-order valence-corrected chi connectivity index (χ1v) is 9.24. The molecule has 0 radical (unpaired) electrons. The molecule has 1 aromatic carbocycles. The van der Waals surface area contributed by atoms with Gasteiger partial charge in [-0.05, 0) is 48.9 Å². The first-order valence-electron chi connectivity index (χ1n) is 8.86. The molecule has 0 saturated heterocycles. The first-order chi connectivity index (χ1) is 12.7. The fourth-order valence-electron chi connectivity index (χ4n) is 3.18. The predicted octanol–water partition coefficient (Wildman–Crippen LogP) is 5.23. The number of fused-ring (bicyclic) bond motifs is 1. The summed E-state index contributed by atoms with van der Waals surface area (Å²) in [7, 11) is 0. The minimum absolute atomic E-state index is 0.286. The summed E-state index contributed by atoms with van der Waals surface area (Å²) in [5.74, 6) is 0.723. The molecule has 0 N–H and O–H groups in total. The van der Waals surface area contributed by atoms with Crippen molar-refractivity contribution in [3.8, 4) is 5.75 Å². The predicted molar refractivity (Wildman–Crippen MR) is 101 cm³/mol. The SMILES string of the molecule is CCOC(=O)c1c(C2CC2)cn2c(Cl)c(OCc3ccccc3)ccc12. The molecule has 134 valence electrons. The van der Waals surface area contributed by atoms with Crippen LogP contribution in [0.25, 0.3) is 5.52 Å². The second-order valence-electron chi connectivity index (χ2n) is 6.47. The average Bonchev–Trinajstić information content (AvgIpc) is 3.42. The third kappa shape index (κ3) is 3.17.